The van der Waals surface area contributed by atoms with E-state index in [1.54, 1.807) is 6.92 Å². The van der Waals surface area contributed by atoms with Gasteiger partial charge in [-0.1, -0.05) is 18.5 Å². The van der Waals surface area contributed by atoms with Crippen LogP contribution in [0.4, 0.5) is 10.1 Å². The Morgan fingerprint density at radius 3 is 2.57 bits per heavy atom. The number of nitrogens with one attached hydrogen (secondary N) is 1. The lowest BCUT2D eigenvalue weighted by molar-refractivity contribution is -0.115. The highest BCUT2D eigenvalue weighted by Gasteiger charge is 2.16. The first kappa shape index (κ1) is 17.9. The summed E-state index contributed by atoms with van der Waals surface area (Å²) >= 11 is 11.2. The van der Waals surface area contributed by atoms with Gasteiger partial charge in [0, 0.05) is 17.9 Å². The van der Waals surface area contributed by atoms with Crippen molar-refractivity contribution in [2.24, 2.45) is 0 Å². The number of ether oxygens (including phenoxy) is 1. The zero-order chi connectivity index (χ0) is 16.2. The number of rotatable bonds is 4. The maximum absolute atomic E-state index is 13.8. The molecule has 0 spiro atoms. The number of benzene rings is 1. The molecule has 0 bridgehead atoms. The van der Waals surface area contributed by atoms with Gasteiger partial charge in [0.15, 0.2) is 5.05 Å². The first-order chi connectivity index (χ1) is 9.62. The van der Waals surface area contributed by atoms with Gasteiger partial charge in [0.25, 0.3) is 0 Å². The van der Waals surface area contributed by atoms with Crippen molar-refractivity contribution in [3.8, 4) is 0 Å². The van der Waals surface area contributed by atoms with Crippen LogP contribution in [0.3, 0.4) is 0 Å². The average molecular weight is 332 g/mol. The van der Waals surface area contributed by atoms with Gasteiger partial charge in [-0.15, -0.1) is 0 Å². The van der Waals surface area contributed by atoms with Crippen LogP contribution in [-0.2, 0) is 16.0 Å². The number of anilines is 1. The predicted octanol–water partition coefficient (Wildman–Crippen LogP) is 4.51. The van der Waals surface area contributed by atoms with Crippen LogP contribution in [0.1, 0.15) is 39.7 Å². The van der Waals surface area contributed by atoms with Crippen LogP contribution in [-0.4, -0.2) is 16.6 Å². The van der Waals surface area contributed by atoms with Crippen LogP contribution in [0.25, 0.3) is 0 Å². The minimum atomic E-state index is -0.576. The molecule has 1 aromatic carbocycles. The van der Waals surface area contributed by atoms with Crippen molar-refractivity contribution in [2.75, 3.05) is 5.32 Å². The van der Waals surface area contributed by atoms with Crippen LogP contribution in [0, 0.1) is 5.82 Å². The molecule has 1 amide bonds. The molecule has 0 aliphatic carbocycles. The van der Waals surface area contributed by atoms with E-state index >= 15 is 0 Å². The maximum Gasteiger partial charge on any atom is 0.224 e. The van der Waals surface area contributed by atoms with E-state index in [9.17, 15) is 9.18 Å². The zero-order valence-electron chi connectivity index (χ0n) is 12.5. The third-order valence-corrected chi connectivity index (χ3v) is 3.07. The second-order valence-electron chi connectivity index (χ2n) is 5.59. The zero-order valence-corrected chi connectivity index (χ0v) is 14.1. The van der Waals surface area contributed by atoms with E-state index in [1.165, 1.54) is 12.1 Å². The highest BCUT2D eigenvalue weighted by molar-refractivity contribution is 7.80. The Balaban J connectivity index is 2.94. The lowest BCUT2D eigenvalue weighted by Gasteiger charge is -2.22. The normalized spacial score (nSPS) is 11.1. The summed E-state index contributed by atoms with van der Waals surface area (Å²) in [6.07, 6.45) is 0.545. The molecule has 0 fully saturated rings. The molecule has 0 saturated carbocycles. The molecule has 0 radical (unpaired) electrons. The molecule has 116 valence electrons. The summed E-state index contributed by atoms with van der Waals surface area (Å²) < 4.78 is 19.3. The standard InChI is InChI=1S/C15H19ClFNO2S/c1-5-13(19)18-12-6-9(10(16)8-11(12)17)7-14(21)20-15(2,3)4/h6,8H,5,7H2,1-4H3,(H,18,19). The topological polar surface area (TPSA) is 38.3 Å². The highest BCUT2D eigenvalue weighted by atomic mass is 35.5. The molecule has 0 saturated heterocycles. The molecule has 21 heavy (non-hydrogen) atoms. The molecule has 3 nitrogen and oxygen atoms in total. The van der Waals surface area contributed by atoms with E-state index in [0.29, 0.717) is 10.6 Å². The first-order valence-corrected chi connectivity index (χ1v) is 7.40. The molecule has 0 aliphatic rings. The number of halogens is 2. The van der Waals surface area contributed by atoms with Crippen molar-refractivity contribution in [3.05, 3.63) is 28.5 Å². The van der Waals surface area contributed by atoms with Crippen molar-refractivity contribution in [2.45, 2.75) is 46.1 Å². The minimum Gasteiger partial charge on any atom is -0.481 e. The van der Waals surface area contributed by atoms with E-state index < -0.39 is 11.4 Å². The molecule has 0 aliphatic heterocycles. The van der Waals surface area contributed by atoms with Gasteiger partial charge in [-0.05, 0) is 50.7 Å². The summed E-state index contributed by atoms with van der Waals surface area (Å²) in [5, 5.41) is 3.11. The Labute approximate surface area is 134 Å². The van der Waals surface area contributed by atoms with E-state index in [4.69, 9.17) is 28.6 Å². The average Bonchev–Trinajstić information content (AvgIpc) is 2.32. The molecule has 0 atom stereocenters. The second kappa shape index (κ2) is 7.18. The maximum atomic E-state index is 13.8. The molecule has 0 heterocycles. The van der Waals surface area contributed by atoms with E-state index in [0.717, 1.165) is 0 Å². The predicted molar refractivity (Wildman–Crippen MR) is 87.5 cm³/mol. The van der Waals surface area contributed by atoms with Crippen LogP contribution in [0.5, 0.6) is 0 Å². The molecule has 0 unspecified atom stereocenters. The Morgan fingerprint density at radius 2 is 2.05 bits per heavy atom. The van der Waals surface area contributed by atoms with Gasteiger partial charge < -0.3 is 10.1 Å². The summed E-state index contributed by atoms with van der Waals surface area (Å²) in [6, 6.07) is 2.66. The van der Waals surface area contributed by atoms with Gasteiger partial charge in [0.1, 0.15) is 11.4 Å². The third-order valence-electron chi connectivity index (χ3n) is 2.49. The largest absolute Gasteiger partial charge is 0.481 e. The molecular weight excluding hydrogens is 313 g/mol. The quantitative estimate of drug-likeness (QED) is 0.825. The van der Waals surface area contributed by atoms with Gasteiger partial charge in [0.2, 0.25) is 5.91 Å². The Kier molecular flexibility index (Phi) is 6.10. The van der Waals surface area contributed by atoms with E-state index in [2.05, 4.69) is 5.32 Å². The molecule has 6 heteroatoms. The first-order valence-electron chi connectivity index (χ1n) is 6.62. The van der Waals surface area contributed by atoms with Crippen LogP contribution in [0.15, 0.2) is 12.1 Å². The van der Waals surface area contributed by atoms with Gasteiger partial charge >= 0.3 is 0 Å². The second-order valence-corrected chi connectivity index (χ2v) is 6.45. The summed E-state index contributed by atoms with van der Waals surface area (Å²) in [5.74, 6) is -0.844. The monoisotopic (exact) mass is 331 g/mol. The molecule has 0 aromatic heterocycles. The van der Waals surface area contributed by atoms with Gasteiger partial charge in [-0.3, -0.25) is 4.79 Å². The molecular formula is C15H19ClFNO2S. The molecule has 1 aromatic rings. The fourth-order valence-electron chi connectivity index (χ4n) is 1.60. The van der Waals surface area contributed by atoms with Gasteiger partial charge in [0.05, 0.1) is 5.69 Å². The van der Waals surface area contributed by atoms with Crippen molar-refractivity contribution in [1.82, 2.24) is 0 Å². The highest BCUT2D eigenvalue weighted by Crippen LogP contribution is 2.26. The summed E-state index contributed by atoms with van der Waals surface area (Å²) in [5.41, 5.74) is 0.307. The van der Waals surface area contributed by atoms with E-state index in [1.807, 2.05) is 20.8 Å². The van der Waals surface area contributed by atoms with Gasteiger partial charge in [-0.2, -0.15) is 0 Å². The van der Waals surface area contributed by atoms with E-state index in [-0.39, 0.29) is 29.5 Å². The number of carbonyl (C=O) groups is 1. The number of amides is 1. The van der Waals surface area contributed by atoms with Crippen LogP contribution in [0.2, 0.25) is 5.02 Å². The summed E-state index contributed by atoms with van der Waals surface area (Å²) in [4.78, 5) is 11.4. The van der Waals surface area contributed by atoms with Crippen molar-refractivity contribution in [1.29, 1.82) is 0 Å². The van der Waals surface area contributed by atoms with Crippen molar-refractivity contribution in [3.63, 3.8) is 0 Å². The van der Waals surface area contributed by atoms with Crippen LogP contribution >= 0.6 is 23.8 Å². The van der Waals surface area contributed by atoms with Crippen molar-refractivity contribution < 1.29 is 13.9 Å². The fourth-order valence-corrected chi connectivity index (χ4v) is 2.22. The Morgan fingerprint density at radius 1 is 1.43 bits per heavy atom. The van der Waals surface area contributed by atoms with Crippen LogP contribution < -0.4 is 5.32 Å². The number of thiocarbonyl (C=S) groups is 1. The van der Waals surface area contributed by atoms with Gasteiger partial charge in [-0.25, -0.2) is 4.39 Å². The summed E-state index contributed by atoms with van der Waals surface area (Å²) in [7, 11) is 0. The lowest BCUT2D eigenvalue weighted by atomic mass is 10.1. The number of carbonyl (C=O) groups excluding carboxylic acids is 1. The summed E-state index contributed by atoms with van der Waals surface area (Å²) in [6.45, 7) is 7.35. The number of hydrogen-bond acceptors (Lipinski definition) is 3. The minimum absolute atomic E-state index is 0.0970. The SMILES string of the molecule is CCC(=O)Nc1cc(CC(=S)OC(C)(C)C)c(Cl)cc1F. The van der Waals surface area contributed by atoms with Crippen molar-refractivity contribution >= 4 is 40.5 Å². The number of hydrogen-bond donors (Lipinski definition) is 1. The lowest BCUT2D eigenvalue weighted by Crippen LogP contribution is -2.24. The molecule has 1 rings (SSSR count). The molecule has 1 N–H and O–H groups in total. The Bertz CT molecular complexity index is 555. The third kappa shape index (κ3) is 5.98. The smallest absolute Gasteiger partial charge is 0.224 e. The fraction of sp³-hybridized carbons (Fsp3) is 0.467. The Hall–Kier alpha value is -1.20.